The summed E-state index contributed by atoms with van der Waals surface area (Å²) < 4.78 is 12.5. The lowest BCUT2D eigenvalue weighted by molar-refractivity contribution is 0.00755. The minimum Gasteiger partial charge on any atom is -0.366 e. The lowest BCUT2D eigenvalue weighted by atomic mass is 10.3. The number of nitrogens with one attached hydrogen (secondary N) is 1. The Bertz CT molecular complexity index is 584. The lowest BCUT2D eigenvalue weighted by Gasteiger charge is -2.19. The van der Waals surface area contributed by atoms with Gasteiger partial charge in [-0.1, -0.05) is 5.16 Å². The molecule has 1 atom stereocenters. The van der Waals surface area contributed by atoms with Gasteiger partial charge < -0.3 is 14.6 Å². The summed E-state index contributed by atoms with van der Waals surface area (Å²) in [5.74, 6) is 0.919. The van der Waals surface area contributed by atoms with Crippen molar-refractivity contribution >= 4 is 31.9 Å². The van der Waals surface area contributed by atoms with Crippen molar-refractivity contribution in [1.29, 1.82) is 0 Å². The van der Waals surface area contributed by atoms with E-state index in [-0.39, 0.29) is 6.10 Å². The molecule has 3 rings (SSSR count). The molecule has 0 radical (unpaired) electrons. The minimum atomic E-state index is -0.191. The molecule has 1 aliphatic rings. The first-order valence-electron chi connectivity index (χ1n) is 5.71. The van der Waals surface area contributed by atoms with E-state index in [0.717, 1.165) is 15.5 Å². The number of aromatic nitrogens is 3. The van der Waals surface area contributed by atoms with Crippen LogP contribution in [0.2, 0.25) is 0 Å². The maximum atomic E-state index is 5.56. The summed E-state index contributed by atoms with van der Waals surface area (Å²) in [7, 11) is 0. The van der Waals surface area contributed by atoms with Crippen molar-refractivity contribution in [3.8, 4) is 11.5 Å². The number of ether oxygens (including phenoxy) is 1. The molecule has 3 heterocycles. The van der Waals surface area contributed by atoms with Gasteiger partial charge in [-0.15, -0.1) is 0 Å². The quantitative estimate of drug-likeness (QED) is 0.849. The van der Waals surface area contributed by atoms with Crippen LogP contribution in [0, 0.1) is 0 Å². The van der Waals surface area contributed by atoms with Gasteiger partial charge in [-0.25, -0.2) is 0 Å². The molecule has 0 aromatic carbocycles. The van der Waals surface area contributed by atoms with Crippen LogP contribution in [-0.4, -0.2) is 34.8 Å². The van der Waals surface area contributed by atoms with Crippen LogP contribution in [0.1, 0.15) is 12.0 Å². The van der Waals surface area contributed by atoms with Crippen LogP contribution in [0.4, 0.5) is 0 Å². The first-order chi connectivity index (χ1) is 9.24. The Labute approximate surface area is 126 Å². The first kappa shape index (κ1) is 13.2. The largest absolute Gasteiger partial charge is 0.366 e. The number of nitrogens with zero attached hydrogens (tertiary/aromatic N) is 3. The fourth-order valence-corrected chi connectivity index (χ4v) is 2.93. The van der Waals surface area contributed by atoms with E-state index in [1.807, 2.05) is 6.07 Å². The summed E-state index contributed by atoms with van der Waals surface area (Å²) in [4.78, 5) is 8.62. The number of pyridine rings is 1. The zero-order valence-corrected chi connectivity index (χ0v) is 12.9. The van der Waals surface area contributed by atoms with Crippen LogP contribution in [0.25, 0.3) is 11.5 Å². The Balaban J connectivity index is 1.87. The van der Waals surface area contributed by atoms with Gasteiger partial charge in [-0.05, 0) is 37.9 Å². The summed E-state index contributed by atoms with van der Waals surface area (Å²) in [6.07, 6.45) is 1.50. The highest BCUT2D eigenvalue weighted by Gasteiger charge is 2.23. The van der Waals surface area contributed by atoms with Crippen molar-refractivity contribution in [2.45, 2.75) is 6.10 Å². The lowest BCUT2D eigenvalue weighted by Crippen LogP contribution is -2.33. The molecule has 0 aliphatic carbocycles. The van der Waals surface area contributed by atoms with Crippen molar-refractivity contribution in [2.24, 2.45) is 0 Å². The highest BCUT2D eigenvalue weighted by molar-refractivity contribution is 9.11. The second-order valence-corrected chi connectivity index (χ2v) is 5.77. The fraction of sp³-hybridized carbons (Fsp3) is 0.364. The summed E-state index contributed by atoms with van der Waals surface area (Å²) in [6.45, 7) is 2.16. The maximum absolute atomic E-state index is 5.56. The van der Waals surface area contributed by atoms with Gasteiger partial charge in [0.15, 0.2) is 0 Å². The third-order valence-corrected chi connectivity index (χ3v) is 3.70. The van der Waals surface area contributed by atoms with Crippen molar-refractivity contribution in [1.82, 2.24) is 20.4 Å². The van der Waals surface area contributed by atoms with Gasteiger partial charge in [-0.2, -0.15) is 4.98 Å². The number of halogens is 2. The van der Waals surface area contributed by atoms with E-state index in [1.54, 1.807) is 6.20 Å². The SMILES string of the molecule is Brc1cnc(-c2noc(C3CNCCO3)n2)c(Br)c1. The van der Waals surface area contributed by atoms with Crippen LogP contribution in [0.15, 0.2) is 25.7 Å². The van der Waals surface area contributed by atoms with Gasteiger partial charge in [0, 0.05) is 28.2 Å². The van der Waals surface area contributed by atoms with E-state index in [4.69, 9.17) is 9.26 Å². The molecule has 0 bridgehead atoms. The molecule has 0 spiro atoms. The van der Waals surface area contributed by atoms with Crippen LogP contribution in [-0.2, 0) is 4.74 Å². The molecular formula is C11H10Br2N4O2. The van der Waals surface area contributed by atoms with Crippen LogP contribution < -0.4 is 5.32 Å². The Kier molecular flexibility index (Phi) is 3.92. The smallest absolute Gasteiger partial charge is 0.257 e. The molecule has 1 aliphatic heterocycles. The fourth-order valence-electron chi connectivity index (χ4n) is 1.77. The summed E-state index contributed by atoms with van der Waals surface area (Å²) in [5, 5.41) is 7.17. The monoisotopic (exact) mass is 388 g/mol. The molecule has 2 aromatic rings. The van der Waals surface area contributed by atoms with Crippen molar-refractivity contribution in [2.75, 3.05) is 19.7 Å². The van der Waals surface area contributed by atoms with E-state index >= 15 is 0 Å². The van der Waals surface area contributed by atoms with Gasteiger partial charge in [0.1, 0.15) is 11.8 Å². The van der Waals surface area contributed by atoms with Gasteiger partial charge in [-0.3, -0.25) is 4.98 Å². The molecule has 0 amide bonds. The normalized spacial score (nSPS) is 19.6. The van der Waals surface area contributed by atoms with Gasteiger partial charge in [0.2, 0.25) is 5.82 Å². The molecule has 19 heavy (non-hydrogen) atoms. The van der Waals surface area contributed by atoms with Gasteiger partial charge in [0.05, 0.1) is 6.61 Å². The second-order valence-electron chi connectivity index (χ2n) is 4.00. The molecule has 1 fully saturated rings. The zero-order chi connectivity index (χ0) is 13.2. The molecule has 100 valence electrons. The minimum absolute atomic E-state index is 0.191. The molecule has 1 N–H and O–H groups in total. The Morgan fingerprint density at radius 3 is 3.00 bits per heavy atom. The predicted octanol–water partition coefficient (Wildman–Crippen LogP) is 2.32. The van der Waals surface area contributed by atoms with Gasteiger partial charge in [0.25, 0.3) is 5.89 Å². The highest BCUT2D eigenvalue weighted by atomic mass is 79.9. The van der Waals surface area contributed by atoms with Crippen molar-refractivity contribution in [3.05, 3.63) is 27.1 Å². The second kappa shape index (κ2) is 5.66. The molecule has 8 heteroatoms. The molecular weight excluding hydrogens is 380 g/mol. The average molecular weight is 390 g/mol. The number of rotatable bonds is 2. The van der Waals surface area contributed by atoms with Crippen LogP contribution in [0.5, 0.6) is 0 Å². The third-order valence-electron chi connectivity index (χ3n) is 2.66. The van der Waals surface area contributed by atoms with E-state index in [9.17, 15) is 0 Å². The predicted molar refractivity (Wildman–Crippen MR) is 74.5 cm³/mol. The number of hydrogen-bond acceptors (Lipinski definition) is 6. The molecule has 1 unspecified atom stereocenters. The molecule has 0 saturated carbocycles. The Hall–Kier alpha value is -0.830. The Morgan fingerprint density at radius 1 is 1.37 bits per heavy atom. The van der Waals surface area contributed by atoms with Gasteiger partial charge >= 0.3 is 0 Å². The van der Waals surface area contributed by atoms with Crippen LogP contribution in [0.3, 0.4) is 0 Å². The van der Waals surface area contributed by atoms with Crippen molar-refractivity contribution < 1.29 is 9.26 Å². The number of hydrogen-bond donors (Lipinski definition) is 1. The summed E-state index contributed by atoms with van der Waals surface area (Å²) >= 11 is 6.78. The van der Waals surface area contributed by atoms with E-state index in [2.05, 4.69) is 52.3 Å². The standard InChI is InChI=1S/C11H10Br2N4O2/c12-6-3-7(13)9(15-4-6)10-16-11(19-17-10)8-5-14-1-2-18-8/h3-4,8,14H,1-2,5H2. The summed E-state index contributed by atoms with van der Waals surface area (Å²) in [5.41, 5.74) is 0.641. The van der Waals surface area contributed by atoms with E-state index in [0.29, 0.717) is 30.6 Å². The Morgan fingerprint density at radius 2 is 2.26 bits per heavy atom. The van der Waals surface area contributed by atoms with Crippen molar-refractivity contribution in [3.63, 3.8) is 0 Å². The topological polar surface area (TPSA) is 73.1 Å². The molecule has 2 aromatic heterocycles. The zero-order valence-electron chi connectivity index (χ0n) is 9.77. The third kappa shape index (κ3) is 2.86. The summed E-state index contributed by atoms with van der Waals surface area (Å²) in [6, 6.07) is 1.89. The van der Waals surface area contributed by atoms with Crippen LogP contribution >= 0.6 is 31.9 Å². The maximum Gasteiger partial charge on any atom is 0.257 e. The molecule has 6 nitrogen and oxygen atoms in total. The molecule has 1 saturated heterocycles. The number of morpholine rings is 1. The average Bonchev–Trinajstić information content (AvgIpc) is 2.89. The van der Waals surface area contributed by atoms with E-state index in [1.165, 1.54) is 0 Å². The first-order valence-corrected chi connectivity index (χ1v) is 7.30. The highest BCUT2D eigenvalue weighted by Crippen LogP contribution is 2.27. The van der Waals surface area contributed by atoms with E-state index < -0.39 is 0 Å².